The predicted octanol–water partition coefficient (Wildman–Crippen LogP) is 7.16. The summed E-state index contributed by atoms with van der Waals surface area (Å²) in [6.07, 6.45) is 22.8. The minimum Gasteiger partial charge on any atom is -0.396 e. The van der Waals surface area contributed by atoms with Crippen molar-refractivity contribution in [1.82, 2.24) is 0 Å². The zero-order valence-corrected chi connectivity index (χ0v) is 16.1. The molecule has 2 heteroatoms. The lowest BCUT2D eigenvalue weighted by atomic mass is 10.0. The molecule has 0 saturated heterocycles. The zero-order chi connectivity index (χ0) is 17.4. The summed E-state index contributed by atoms with van der Waals surface area (Å²) in [6.45, 7) is 4.48. The van der Waals surface area contributed by atoms with Crippen LogP contribution in [0.15, 0.2) is 0 Å². The van der Waals surface area contributed by atoms with Crippen LogP contribution < -0.4 is 0 Å². The second-order valence-electron chi connectivity index (χ2n) is 6.54. The van der Waals surface area contributed by atoms with Crippen LogP contribution in [0.4, 0.5) is 0 Å². The summed E-state index contributed by atoms with van der Waals surface area (Å²) in [6, 6.07) is 1.93. The van der Waals surface area contributed by atoms with Gasteiger partial charge in [-0.25, -0.2) is 0 Å². The molecular weight excluding hydrogens is 282 g/mol. The number of aliphatic hydroxyl groups excluding tert-OH is 1. The normalized spacial score (nSPS) is 10.0. The van der Waals surface area contributed by atoms with Crippen LogP contribution in [0.2, 0.25) is 0 Å². The van der Waals surface area contributed by atoms with Crippen LogP contribution in [0.3, 0.4) is 0 Å². The van der Waals surface area contributed by atoms with Crippen molar-refractivity contribution in [2.75, 3.05) is 6.61 Å². The highest BCUT2D eigenvalue weighted by Crippen LogP contribution is 2.13. The fourth-order valence-corrected chi connectivity index (χ4v) is 2.66. The Kier molecular flexibility index (Phi) is 28.3. The van der Waals surface area contributed by atoms with Crippen molar-refractivity contribution < 1.29 is 5.11 Å². The van der Waals surface area contributed by atoms with Crippen molar-refractivity contribution in [3.63, 3.8) is 0 Å². The molecule has 0 aliphatic heterocycles. The Morgan fingerprint density at radius 1 is 0.565 bits per heavy atom. The van der Waals surface area contributed by atoms with Gasteiger partial charge in [0.1, 0.15) is 0 Å². The summed E-state index contributed by atoms with van der Waals surface area (Å²) in [5.41, 5.74) is 0. The number of hydrogen-bond acceptors (Lipinski definition) is 2. The summed E-state index contributed by atoms with van der Waals surface area (Å²) in [5, 5.41) is 16.3. The summed E-state index contributed by atoms with van der Waals surface area (Å²) < 4.78 is 0. The van der Waals surface area contributed by atoms with Gasteiger partial charge in [-0.1, -0.05) is 110 Å². The third kappa shape index (κ3) is 30.0. The number of hydrogen-bond donors (Lipinski definition) is 1. The second-order valence-corrected chi connectivity index (χ2v) is 6.54. The van der Waals surface area contributed by atoms with Gasteiger partial charge in [-0.15, -0.1) is 0 Å². The Morgan fingerprint density at radius 2 is 0.826 bits per heavy atom. The monoisotopic (exact) mass is 325 g/mol. The van der Waals surface area contributed by atoms with Gasteiger partial charge in [0.25, 0.3) is 0 Å². The second kappa shape index (κ2) is 26.4. The Morgan fingerprint density at radius 3 is 1.04 bits per heavy atom. The van der Waals surface area contributed by atoms with E-state index in [0.717, 1.165) is 6.42 Å². The van der Waals surface area contributed by atoms with Crippen molar-refractivity contribution in [3.05, 3.63) is 0 Å². The first-order valence-corrected chi connectivity index (χ1v) is 10.3. The molecular formula is C21H43NO. The van der Waals surface area contributed by atoms with E-state index >= 15 is 0 Å². The molecule has 0 amide bonds. The Labute approximate surface area is 146 Å². The first-order valence-electron chi connectivity index (χ1n) is 10.3. The molecule has 0 rings (SSSR count). The number of nitrogens with zero attached hydrogens (tertiary/aromatic N) is 1. The lowest BCUT2D eigenvalue weighted by Gasteiger charge is -2.03. The first kappa shape index (κ1) is 24.7. The minimum atomic E-state index is 0.373. The van der Waals surface area contributed by atoms with Crippen LogP contribution >= 0.6 is 0 Å². The van der Waals surface area contributed by atoms with Gasteiger partial charge in [-0.2, -0.15) is 5.26 Å². The third-order valence-electron chi connectivity index (χ3n) is 4.17. The van der Waals surface area contributed by atoms with Gasteiger partial charge in [-0.05, 0) is 6.42 Å². The molecule has 138 valence electrons. The topological polar surface area (TPSA) is 44.0 Å². The van der Waals surface area contributed by atoms with E-state index in [1.165, 1.54) is 96.3 Å². The number of nitriles is 1. The summed E-state index contributed by atoms with van der Waals surface area (Å²) >= 11 is 0. The van der Waals surface area contributed by atoms with Gasteiger partial charge in [0.05, 0.1) is 6.07 Å². The van der Waals surface area contributed by atoms with E-state index in [4.69, 9.17) is 10.4 Å². The smallest absolute Gasteiger partial charge is 0.0618 e. The highest BCUT2D eigenvalue weighted by molar-refractivity contribution is 4.62. The van der Waals surface area contributed by atoms with E-state index in [1.807, 2.05) is 13.0 Å². The highest BCUT2D eigenvalue weighted by atomic mass is 16.2. The molecule has 0 aromatic heterocycles. The molecule has 23 heavy (non-hydrogen) atoms. The molecule has 0 spiro atoms. The molecule has 0 aliphatic carbocycles. The molecule has 2 nitrogen and oxygen atoms in total. The van der Waals surface area contributed by atoms with Gasteiger partial charge >= 0.3 is 0 Å². The van der Waals surface area contributed by atoms with Crippen molar-refractivity contribution in [1.29, 1.82) is 5.26 Å². The van der Waals surface area contributed by atoms with Crippen molar-refractivity contribution in [2.45, 2.75) is 123 Å². The van der Waals surface area contributed by atoms with Crippen LogP contribution in [0, 0.1) is 11.3 Å². The molecule has 0 bridgehead atoms. The Hall–Kier alpha value is -0.550. The minimum absolute atomic E-state index is 0.373. The lowest BCUT2D eigenvalue weighted by Crippen LogP contribution is -1.85. The van der Waals surface area contributed by atoms with Gasteiger partial charge < -0.3 is 5.11 Å². The molecule has 0 atom stereocenters. The van der Waals surface area contributed by atoms with Gasteiger partial charge in [0, 0.05) is 13.0 Å². The molecule has 0 aromatic carbocycles. The van der Waals surface area contributed by atoms with Crippen LogP contribution in [0.5, 0.6) is 0 Å². The highest BCUT2D eigenvalue weighted by Gasteiger charge is 1.94. The van der Waals surface area contributed by atoms with Crippen molar-refractivity contribution >= 4 is 0 Å². The molecule has 0 unspecified atom stereocenters. The van der Waals surface area contributed by atoms with E-state index in [2.05, 4.69) is 6.92 Å². The predicted molar refractivity (Wildman–Crippen MR) is 103 cm³/mol. The van der Waals surface area contributed by atoms with E-state index < -0.39 is 0 Å². The molecule has 0 heterocycles. The number of unbranched alkanes of at least 4 members (excludes halogenated alkanes) is 15. The fraction of sp³-hybridized carbons (Fsp3) is 0.952. The maximum absolute atomic E-state index is 8.67. The molecule has 1 N–H and O–H groups in total. The van der Waals surface area contributed by atoms with Gasteiger partial charge in [0.15, 0.2) is 0 Å². The first-order chi connectivity index (χ1) is 11.3. The van der Waals surface area contributed by atoms with Crippen LogP contribution in [0.1, 0.15) is 123 Å². The van der Waals surface area contributed by atoms with E-state index in [1.54, 1.807) is 0 Å². The Balaban J connectivity index is 0. The maximum Gasteiger partial charge on any atom is 0.0618 e. The number of rotatable bonds is 16. The SMILES string of the molecule is CCC#N.CCCCCCCCCCCCCCCCCCO. The van der Waals surface area contributed by atoms with Gasteiger partial charge in [0.2, 0.25) is 0 Å². The molecule has 0 aromatic rings. The average molecular weight is 326 g/mol. The zero-order valence-electron chi connectivity index (χ0n) is 16.1. The van der Waals surface area contributed by atoms with Crippen molar-refractivity contribution in [3.8, 4) is 6.07 Å². The molecule has 0 saturated carbocycles. The standard InChI is InChI=1S/C18H38O.C3H5N/c1-2-3-4-5-6-7-8-9-10-11-12-13-14-15-16-17-18-19;1-2-3-4/h19H,2-18H2,1H3;2H2,1H3. The Bertz CT molecular complexity index is 206. The van der Waals surface area contributed by atoms with E-state index in [-0.39, 0.29) is 0 Å². The summed E-state index contributed by atoms with van der Waals surface area (Å²) in [7, 11) is 0. The quantitative estimate of drug-likeness (QED) is 0.306. The van der Waals surface area contributed by atoms with E-state index in [0.29, 0.717) is 13.0 Å². The third-order valence-corrected chi connectivity index (χ3v) is 4.17. The molecule has 0 fully saturated rings. The van der Waals surface area contributed by atoms with Crippen molar-refractivity contribution in [2.24, 2.45) is 0 Å². The van der Waals surface area contributed by atoms with E-state index in [9.17, 15) is 0 Å². The van der Waals surface area contributed by atoms with Crippen LogP contribution in [-0.4, -0.2) is 11.7 Å². The largest absolute Gasteiger partial charge is 0.396 e. The van der Waals surface area contributed by atoms with Crippen LogP contribution in [-0.2, 0) is 0 Å². The maximum atomic E-state index is 8.67. The number of aliphatic hydroxyl groups is 1. The lowest BCUT2D eigenvalue weighted by molar-refractivity contribution is 0.282. The van der Waals surface area contributed by atoms with Gasteiger partial charge in [-0.3, -0.25) is 0 Å². The molecule has 0 aliphatic rings. The summed E-state index contributed by atoms with van der Waals surface area (Å²) in [4.78, 5) is 0. The molecule has 0 radical (unpaired) electrons. The fourth-order valence-electron chi connectivity index (χ4n) is 2.66. The summed E-state index contributed by atoms with van der Waals surface area (Å²) in [5.74, 6) is 0. The van der Waals surface area contributed by atoms with Crippen LogP contribution in [0.25, 0.3) is 0 Å². The average Bonchev–Trinajstić information content (AvgIpc) is 2.58.